The largest absolute Gasteiger partial charge is 0.454 e. The molecule has 5 unspecified atom stereocenters. The van der Waals surface area contributed by atoms with Crippen LogP contribution in [0.15, 0.2) is 170 Å². The van der Waals surface area contributed by atoms with Gasteiger partial charge in [0.25, 0.3) is 0 Å². The van der Waals surface area contributed by atoms with Gasteiger partial charge in [-0.1, -0.05) is 187 Å². The maximum absolute atomic E-state index is 13.5. The number of halogens is 12. The van der Waals surface area contributed by atoms with Gasteiger partial charge in [-0.25, -0.2) is 0 Å². The molecule has 0 heterocycles. The first-order valence-electron chi connectivity index (χ1n) is 34.7. The molecule has 20 heteroatoms. The lowest BCUT2D eigenvalue weighted by Gasteiger charge is -2.40. The lowest BCUT2D eigenvalue weighted by Crippen LogP contribution is -2.47. The number of carbonyl (C=O) groups excluding carboxylic acids is 4. The van der Waals surface area contributed by atoms with E-state index >= 15 is 0 Å². The minimum atomic E-state index is -4.66. The Hall–Kier alpha value is -8.16. The van der Waals surface area contributed by atoms with Crippen LogP contribution in [0.3, 0.4) is 0 Å². The van der Waals surface area contributed by atoms with Crippen molar-refractivity contribution in [2.45, 2.75) is 220 Å². The molecule has 0 saturated heterocycles. The molecule has 8 aromatic rings. The summed E-state index contributed by atoms with van der Waals surface area (Å²) in [4.78, 5) is 50.0. The molecule has 0 radical (unpaired) electrons. The number of ether oxygens (including phenoxy) is 4. The summed E-state index contributed by atoms with van der Waals surface area (Å²) in [7, 11) is 0. The van der Waals surface area contributed by atoms with Gasteiger partial charge in [0.2, 0.25) is 0 Å². The van der Waals surface area contributed by atoms with E-state index in [1.807, 2.05) is 158 Å². The molecule has 10 rings (SSSR count). The Bertz CT molecular complexity index is 4220. The molecule has 2 aliphatic carbocycles. The van der Waals surface area contributed by atoms with E-state index in [1.165, 1.54) is 27.7 Å². The lowest BCUT2D eigenvalue weighted by molar-refractivity contribution is -0.241. The van der Waals surface area contributed by atoms with Gasteiger partial charge in [0.1, 0.15) is 22.4 Å². The van der Waals surface area contributed by atoms with Crippen molar-refractivity contribution in [3.63, 3.8) is 0 Å². The van der Waals surface area contributed by atoms with Crippen molar-refractivity contribution in [2.24, 2.45) is 21.7 Å². The zero-order chi connectivity index (χ0) is 75.8. The molecule has 8 nitrogen and oxygen atoms in total. The first kappa shape index (κ1) is 81.1. The Balaban J connectivity index is 0.000000191. The smallest absolute Gasteiger partial charge is 0.404 e. The van der Waals surface area contributed by atoms with Crippen LogP contribution in [0.4, 0.5) is 52.7 Å². The van der Waals surface area contributed by atoms with Crippen molar-refractivity contribution in [1.82, 2.24) is 0 Å². The van der Waals surface area contributed by atoms with Crippen LogP contribution in [0.5, 0.6) is 0 Å². The van der Waals surface area contributed by atoms with Crippen molar-refractivity contribution in [1.29, 1.82) is 0 Å². The van der Waals surface area contributed by atoms with Gasteiger partial charge >= 0.3 is 48.6 Å². The van der Waals surface area contributed by atoms with E-state index < -0.39 is 92.6 Å². The Kier molecular flexibility index (Phi) is 25.0. The SMILES string of the molecule is CCC(C)(C(=O)OC(C)(C)c1ccc2ccccc2c1)C(F)(F)F.CCC(C)(C(=O)OC1(c2ccc3ccccc3c2)CCCC1)C(F)(F)F.CCC(C)(C(=O)OC1(c2ccc3ccccc3c2)CCCCC1)C(F)(F)F.CCC(C)(OC(=O)C(C)(CC)C(F)(F)F)c1ccc2ccccc2c1. The number of alkyl halides is 12. The minimum absolute atomic E-state index is 0.344. The average molecular weight is 1430 g/mol. The van der Waals surface area contributed by atoms with Crippen LogP contribution < -0.4 is 0 Å². The first-order chi connectivity index (χ1) is 47.5. The zero-order valence-electron chi connectivity index (χ0n) is 59.9. The van der Waals surface area contributed by atoms with Crippen LogP contribution in [0, 0.1) is 21.7 Å². The van der Waals surface area contributed by atoms with Crippen LogP contribution in [-0.2, 0) is 60.5 Å². The molecule has 5 atom stereocenters. The van der Waals surface area contributed by atoms with Crippen LogP contribution in [0.2, 0.25) is 0 Å². The summed E-state index contributed by atoms with van der Waals surface area (Å²) in [6.45, 7) is 15.7. The minimum Gasteiger partial charge on any atom is -0.454 e. The van der Waals surface area contributed by atoms with E-state index in [9.17, 15) is 71.9 Å². The summed E-state index contributed by atoms with van der Waals surface area (Å²) in [6, 6.07) is 53.4. The Morgan fingerprint density at radius 2 is 0.578 bits per heavy atom. The van der Waals surface area contributed by atoms with E-state index in [0.29, 0.717) is 43.2 Å². The molecule has 0 N–H and O–H groups in total. The van der Waals surface area contributed by atoms with Gasteiger partial charge < -0.3 is 18.9 Å². The fourth-order valence-corrected chi connectivity index (χ4v) is 12.5. The van der Waals surface area contributed by atoms with Crippen LogP contribution in [-0.4, -0.2) is 48.6 Å². The third-order valence-corrected chi connectivity index (χ3v) is 21.5. The second-order valence-corrected chi connectivity index (χ2v) is 28.4. The number of hydrogen-bond donors (Lipinski definition) is 0. The molecule has 0 aliphatic heterocycles. The highest BCUT2D eigenvalue weighted by molar-refractivity contribution is 5.87. The number of esters is 4. The topological polar surface area (TPSA) is 105 Å². The Morgan fingerprint density at radius 1 is 0.314 bits per heavy atom. The van der Waals surface area contributed by atoms with E-state index in [4.69, 9.17) is 18.9 Å². The highest BCUT2D eigenvalue weighted by Crippen LogP contribution is 2.51. The third-order valence-electron chi connectivity index (χ3n) is 21.5. The summed E-state index contributed by atoms with van der Waals surface area (Å²) in [5.41, 5.74) is -11.3. The fourth-order valence-electron chi connectivity index (χ4n) is 12.5. The standard InChI is InChI=1S/C22H25F3O2.C21H23F3O2.C20H23F3O2.C19H21F3O2/c1-3-20(2,22(23,24)25)19(26)27-21(13-7-4-8-14-21)18-12-11-16-9-5-6-10-17(16)15-18;1-3-19(2,21(22,23)24)18(25)26-20(12-6-7-13-20)17-11-10-15-8-4-5-9-16(15)14-17;1-5-18(3,20(21,22)23)17(24)25-19(4,6-2)16-12-11-14-9-7-8-10-15(14)13-16;1-5-18(4,19(20,21)22)16(23)24-17(2,3)15-11-10-13-8-6-7-9-14(13)12-15/h5-6,9-12,15H,3-4,7-8,13-14H2,1-2H3;4-5,8-11,14H,3,6-7,12-13H2,1-2H3;7-13H,5-6H2,1-4H3;6-12H,5H2,1-4H3. The normalized spacial score (nSPS) is 17.8. The summed E-state index contributed by atoms with van der Waals surface area (Å²) >= 11 is 0. The van der Waals surface area contributed by atoms with E-state index in [1.54, 1.807) is 39.8 Å². The third kappa shape index (κ3) is 17.2. The molecule has 0 aromatic heterocycles. The number of hydrogen-bond acceptors (Lipinski definition) is 8. The maximum Gasteiger partial charge on any atom is 0.404 e. The average Bonchev–Trinajstić information content (AvgIpc) is 0.976. The Labute approximate surface area is 589 Å². The first-order valence-corrected chi connectivity index (χ1v) is 34.7. The van der Waals surface area contributed by atoms with Crippen molar-refractivity contribution >= 4 is 67.0 Å². The second-order valence-electron chi connectivity index (χ2n) is 28.4. The van der Waals surface area contributed by atoms with Crippen molar-refractivity contribution < 1.29 is 90.8 Å². The molecular weight excluding hydrogens is 1340 g/mol. The number of carbonyl (C=O) groups is 4. The molecule has 2 saturated carbocycles. The van der Waals surface area contributed by atoms with Gasteiger partial charge in [-0.05, 0) is 222 Å². The summed E-state index contributed by atoms with van der Waals surface area (Å²) in [5, 5.41) is 7.99. The monoisotopic (exact) mass is 1430 g/mol. The number of benzene rings is 8. The predicted octanol–water partition coefficient (Wildman–Crippen LogP) is 24.2. The molecule has 552 valence electrons. The van der Waals surface area contributed by atoms with Gasteiger partial charge in [0.15, 0.2) is 21.7 Å². The molecule has 8 aromatic carbocycles. The molecule has 0 amide bonds. The van der Waals surface area contributed by atoms with Gasteiger partial charge in [-0.2, -0.15) is 52.7 Å². The van der Waals surface area contributed by atoms with E-state index in [-0.39, 0.29) is 25.7 Å². The van der Waals surface area contributed by atoms with Gasteiger partial charge in [0.05, 0.1) is 0 Å². The van der Waals surface area contributed by atoms with Crippen molar-refractivity contribution in [2.75, 3.05) is 0 Å². The highest BCUT2D eigenvalue weighted by Gasteiger charge is 2.61. The highest BCUT2D eigenvalue weighted by atomic mass is 19.4. The summed E-state index contributed by atoms with van der Waals surface area (Å²) in [5.74, 6) is -4.84. The van der Waals surface area contributed by atoms with Gasteiger partial charge in [-0.15, -0.1) is 0 Å². The quantitative estimate of drug-likeness (QED) is 0.0504. The van der Waals surface area contributed by atoms with Gasteiger partial charge in [-0.3, -0.25) is 19.2 Å². The molecule has 0 spiro atoms. The molecule has 0 bridgehead atoms. The maximum atomic E-state index is 13.5. The second kappa shape index (κ2) is 31.4. The molecule has 2 aliphatic rings. The lowest BCUT2D eigenvalue weighted by atomic mass is 9.78. The zero-order valence-corrected chi connectivity index (χ0v) is 59.9. The van der Waals surface area contributed by atoms with Crippen molar-refractivity contribution in [3.8, 4) is 0 Å². The van der Waals surface area contributed by atoms with Gasteiger partial charge in [0, 0.05) is 0 Å². The van der Waals surface area contributed by atoms with E-state index in [2.05, 4.69) is 0 Å². The van der Waals surface area contributed by atoms with Crippen LogP contribution in [0.1, 0.15) is 195 Å². The fraction of sp³-hybridized carbons (Fsp3) is 0.463. The molecule has 2 fully saturated rings. The number of fused-ring (bicyclic) bond motifs is 4. The summed E-state index contributed by atoms with van der Waals surface area (Å²) < 4.78 is 183. The summed E-state index contributed by atoms with van der Waals surface area (Å²) in [6.07, 6.45) is -13.1. The van der Waals surface area contributed by atoms with Crippen molar-refractivity contribution in [3.05, 3.63) is 192 Å². The van der Waals surface area contributed by atoms with Crippen LogP contribution in [0.25, 0.3) is 43.1 Å². The Morgan fingerprint density at radius 3 is 0.892 bits per heavy atom. The molecular formula is C82H92F12O8. The molecule has 102 heavy (non-hydrogen) atoms. The van der Waals surface area contributed by atoms with E-state index in [0.717, 1.165) is 114 Å². The number of rotatable bonds is 17. The predicted molar refractivity (Wildman–Crippen MR) is 374 cm³/mol. The van der Waals surface area contributed by atoms with Crippen LogP contribution >= 0.6 is 0 Å².